The highest BCUT2D eigenvalue weighted by molar-refractivity contribution is 4.49. The van der Waals surface area contributed by atoms with Crippen LogP contribution in [0, 0.1) is 0 Å². The van der Waals surface area contributed by atoms with Gasteiger partial charge >= 0.3 is 0 Å². The van der Waals surface area contributed by atoms with Crippen LogP contribution in [0.3, 0.4) is 0 Å². The Balaban J connectivity index is 0. The van der Waals surface area contributed by atoms with Crippen molar-refractivity contribution in [2.75, 3.05) is 33.2 Å². The van der Waals surface area contributed by atoms with Gasteiger partial charge in [0.1, 0.15) is 0 Å². The average Bonchev–Trinajstić information content (AvgIpc) is 2.15. The third-order valence-corrected chi connectivity index (χ3v) is 1.36. The molecule has 0 aromatic heterocycles. The molecule has 76 valence electrons. The Kier molecular flexibility index (Phi) is 20.5. The summed E-state index contributed by atoms with van der Waals surface area (Å²) in [6.45, 7) is 8.01. The van der Waals surface area contributed by atoms with Crippen molar-refractivity contribution in [2.45, 2.75) is 26.7 Å². The molecule has 0 spiro atoms. The Hall–Kier alpha value is -0.120. The third kappa shape index (κ3) is 16.5. The van der Waals surface area contributed by atoms with Gasteiger partial charge in [0.05, 0.1) is 0 Å². The highest BCUT2D eigenvalue weighted by Crippen LogP contribution is 1.80. The second-order valence-corrected chi connectivity index (χ2v) is 2.35. The van der Waals surface area contributed by atoms with E-state index in [0.29, 0.717) is 0 Å². The van der Waals surface area contributed by atoms with Crippen LogP contribution < -0.4 is 16.4 Å². The minimum absolute atomic E-state index is 0.813. The lowest BCUT2D eigenvalue weighted by atomic mass is 10.3. The summed E-state index contributed by atoms with van der Waals surface area (Å²) in [6, 6.07) is 0. The fraction of sp³-hybridized carbons (Fsp3) is 1.00. The molecule has 0 fully saturated rings. The number of nitrogens with one attached hydrogen (secondary N) is 2. The normalized spacial score (nSPS) is 9.00. The molecule has 0 aliphatic carbocycles. The minimum atomic E-state index is 0.813. The van der Waals surface area contributed by atoms with Crippen LogP contribution in [0.2, 0.25) is 0 Å². The second kappa shape index (κ2) is 17.1. The molecule has 0 aromatic carbocycles. The summed E-state index contributed by atoms with van der Waals surface area (Å²) >= 11 is 0. The van der Waals surface area contributed by atoms with Crippen LogP contribution in [0.15, 0.2) is 0 Å². The zero-order valence-electron chi connectivity index (χ0n) is 8.82. The topological polar surface area (TPSA) is 50.1 Å². The highest BCUT2D eigenvalue weighted by Gasteiger charge is 1.85. The minimum Gasteiger partial charge on any atom is -0.330 e. The van der Waals surface area contributed by atoms with E-state index in [-0.39, 0.29) is 0 Å². The number of likely N-dealkylation sites (N-methyl/N-ethyl adjacent to an activating group) is 1. The largest absolute Gasteiger partial charge is 0.330 e. The van der Waals surface area contributed by atoms with Crippen molar-refractivity contribution in [3.63, 3.8) is 0 Å². The van der Waals surface area contributed by atoms with Gasteiger partial charge in [-0.15, -0.1) is 0 Å². The van der Waals surface area contributed by atoms with E-state index in [1.807, 2.05) is 20.9 Å². The molecule has 0 saturated carbocycles. The van der Waals surface area contributed by atoms with Gasteiger partial charge in [-0.25, -0.2) is 0 Å². The SMILES string of the molecule is CC.CNCCNCCCCN. The summed E-state index contributed by atoms with van der Waals surface area (Å²) in [7, 11) is 1.96. The predicted molar refractivity (Wildman–Crippen MR) is 56.4 cm³/mol. The van der Waals surface area contributed by atoms with E-state index in [4.69, 9.17) is 5.73 Å². The molecule has 0 rings (SSSR count). The number of hydrogen-bond donors (Lipinski definition) is 3. The van der Waals surface area contributed by atoms with Crippen molar-refractivity contribution in [1.82, 2.24) is 10.6 Å². The van der Waals surface area contributed by atoms with Gasteiger partial charge in [-0.05, 0) is 33.0 Å². The Morgan fingerprint density at radius 3 is 2.17 bits per heavy atom. The molecule has 3 heteroatoms. The maximum absolute atomic E-state index is 5.33. The van der Waals surface area contributed by atoms with E-state index in [1.54, 1.807) is 0 Å². The molecular formula is C9H25N3. The molecule has 0 atom stereocenters. The first-order valence-electron chi connectivity index (χ1n) is 4.97. The first-order chi connectivity index (χ1) is 5.91. The summed E-state index contributed by atoms with van der Waals surface area (Å²) in [5, 5.41) is 6.37. The van der Waals surface area contributed by atoms with E-state index >= 15 is 0 Å². The van der Waals surface area contributed by atoms with Crippen molar-refractivity contribution in [3.05, 3.63) is 0 Å². The molecule has 4 N–H and O–H groups in total. The zero-order chi connectivity index (χ0) is 9.66. The van der Waals surface area contributed by atoms with E-state index < -0.39 is 0 Å². The van der Waals surface area contributed by atoms with E-state index in [0.717, 1.165) is 32.6 Å². The Morgan fingerprint density at radius 1 is 1.00 bits per heavy atom. The molecule has 3 nitrogen and oxygen atoms in total. The monoisotopic (exact) mass is 175 g/mol. The van der Waals surface area contributed by atoms with Crippen molar-refractivity contribution >= 4 is 0 Å². The molecule has 0 unspecified atom stereocenters. The van der Waals surface area contributed by atoms with Gasteiger partial charge in [0.2, 0.25) is 0 Å². The molecule has 0 amide bonds. The molecule has 12 heavy (non-hydrogen) atoms. The quantitative estimate of drug-likeness (QED) is 0.496. The maximum atomic E-state index is 5.33. The Bertz CT molecular complexity index is 49.7. The van der Waals surface area contributed by atoms with Crippen LogP contribution in [0.25, 0.3) is 0 Å². The summed E-state index contributed by atoms with van der Waals surface area (Å²) < 4.78 is 0. The van der Waals surface area contributed by atoms with Crippen molar-refractivity contribution in [2.24, 2.45) is 5.73 Å². The fourth-order valence-corrected chi connectivity index (χ4v) is 0.733. The van der Waals surface area contributed by atoms with Crippen LogP contribution in [0.4, 0.5) is 0 Å². The number of nitrogens with two attached hydrogens (primary N) is 1. The molecule has 0 aromatic rings. The lowest BCUT2D eigenvalue weighted by molar-refractivity contribution is 0.610. The predicted octanol–water partition coefficient (Wildman–Crippen LogP) is 0.561. The van der Waals surface area contributed by atoms with Crippen LogP contribution in [-0.2, 0) is 0 Å². The van der Waals surface area contributed by atoms with E-state index in [2.05, 4.69) is 10.6 Å². The highest BCUT2D eigenvalue weighted by atomic mass is 14.9. The summed E-state index contributed by atoms with van der Waals surface area (Å²) in [5.41, 5.74) is 5.33. The van der Waals surface area contributed by atoms with Crippen molar-refractivity contribution < 1.29 is 0 Å². The summed E-state index contributed by atoms with van der Waals surface area (Å²) in [4.78, 5) is 0. The first-order valence-corrected chi connectivity index (χ1v) is 4.97. The lowest BCUT2D eigenvalue weighted by Crippen LogP contribution is -2.25. The summed E-state index contributed by atoms with van der Waals surface area (Å²) in [6.07, 6.45) is 2.33. The number of hydrogen-bond acceptors (Lipinski definition) is 3. The number of rotatable bonds is 7. The molecule has 0 aliphatic heterocycles. The molecular weight excluding hydrogens is 150 g/mol. The lowest BCUT2D eigenvalue weighted by Gasteiger charge is -2.02. The third-order valence-electron chi connectivity index (χ3n) is 1.36. The van der Waals surface area contributed by atoms with Crippen molar-refractivity contribution in [3.8, 4) is 0 Å². The van der Waals surface area contributed by atoms with Gasteiger partial charge in [-0.1, -0.05) is 13.8 Å². The van der Waals surface area contributed by atoms with Gasteiger partial charge in [0.25, 0.3) is 0 Å². The standard InChI is InChI=1S/C7H19N3.C2H6/c1-9-6-7-10-5-3-2-4-8;1-2/h9-10H,2-8H2,1H3;1-2H3. The Morgan fingerprint density at radius 2 is 1.67 bits per heavy atom. The average molecular weight is 175 g/mol. The van der Waals surface area contributed by atoms with E-state index in [9.17, 15) is 0 Å². The molecule has 0 aliphatic rings. The second-order valence-electron chi connectivity index (χ2n) is 2.35. The first kappa shape index (κ1) is 14.4. The maximum Gasteiger partial charge on any atom is 0.00766 e. The molecule has 0 radical (unpaired) electrons. The van der Waals surface area contributed by atoms with Crippen LogP contribution in [-0.4, -0.2) is 33.2 Å². The molecule has 0 saturated heterocycles. The van der Waals surface area contributed by atoms with Crippen molar-refractivity contribution in [1.29, 1.82) is 0 Å². The fourth-order valence-electron chi connectivity index (χ4n) is 0.733. The zero-order valence-corrected chi connectivity index (χ0v) is 8.82. The van der Waals surface area contributed by atoms with Gasteiger partial charge in [-0.2, -0.15) is 0 Å². The van der Waals surface area contributed by atoms with Gasteiger partial charge < -0.3 is 16.4 Å². The molecule has 0 heterocycles. The van der Waals surface area contributed by atoms with Crippen LogP contribution in [0.1, 0.15) is 26.7 Å². The smallest absolute Gasteiger partial charge is 0.00766 e. The molecule has 0 bridgehead atoms. The van der Waals surface area contributed by atoms with Gasteiger partial charge in [0.15, 0.2) is 0 Å². The Labute approximate surface area is 77.1 Å². The summed E-state index contributed by atoms with van der Waals surface area (Å²) in [5.74, 6) is 0. The number of unbranched alkanes of at least 4 members (excludes halogenated alkanes) is 1. The van der Waals surface area contributed by atoms with Gasteiger partial charge in [-0.3, -0.25) is 0 Å². The van der Waals surface area contributed by atoms with E-state index in [1.165, 1.54) is 6.42 Å². The van der Waals surface area contributed by atoms with Crippen LogP contribution >= 0.6 is 0 Å². The van der Waals surface area contributed by atoms with Crippen LogP contribution in [0.5, 0.6) is 0 Å². The van der Waals surface area contributed by atoms with Gasteiger partial charge in [0, 0.05) is 13.1 Å².